The fourth-order valence-electron chi connectivity index (χ4n) is 5.00. The van der Waals surface area contributed by atoms with Gasteiger partial charge >= 0.3 is 0 Å². The molecule has 1 aliphatic carbocycles. The maximum atomic E-state index is 12.5. The van der Waals surface area contributed by atoms with Crippen molar-refractivity contribution in [1.29, 1.82) is 0 Å². The Labute approximate surface area is 232 Å². The van der Waals surface area contributed by atoms with Gasteiger partial charge in [-0.1, -0.05) is 13.8 Å². The van der Waals surface area contributed by atoms with Crippen LogP contribution in [0.15, 0.2) is 43.1 Å². The number of aromatic nitrogens is 6. The van der Waals surface area contributed by atoms with E-state index in [9.17, 15) is 16.8 Å². The summed E-state index contributed by atoms with van der Waals surface area (Å²) in [6.07, 6.45) is 10.7. The third kappa shape index (κ3) is 5.24. The quantitative estimate of drug-likeness (QED) is 0.310. The molecule has 40 heavy (non-hydrogen) atoms. The molecule has 0 unspecified atom stereocenters. The predicted molar refractivity (Wildman–Crippen MR) is 153 cm³/mol. The van der Waals surface area contributed by atoms with E-state index < -0.39 is 19.9 Å². The van der Waals surface area contributed by atoms with Crippen molar-refractivity contribution < 1.29 is 16.8 Å². The van der Waals surface area contributed by atoms with Gasteiger partial charge in [0.05, 0.1) is 46.5 Å². The molecule has 210 valence electrons. The van der Waals surface area contributed by atoms with E-state index in [1.165, 1.54) is 18.6 Å². The molecule has 14 heteroatoms. The minimum atomic E-state index is -3.47. The molecule has 2 fully saturated rings. The van der Waals surface area contributed by atoms with Gasteiger partial charge in [-0.15, -0.1) is 0 Å². The summed E-state index contributed by atoms with van der Waals surface area (Å²) < 4.78 is 49.4. The summed E-state index contributed by atoms with van der Waals surface area (Å²) in [5.41, 5.74) is 2.37. The molecular weight excluding hydrogens is 552 g/mol. The molecule has 0 atom stereocenters. The average Bonchev–Trinajstić information content (AvgIpc) is 3.62. The molecule has 5 heterocycles. The number of sulfone groups is 1. The lowest BCUT2D eigenvalue weighted by atomic mass is 9.98. The standard InChI is InChI=1S/C26H30N8O4S2/c1-16(2)25-20-8-24(28-10-21(20)22(11-29-25)33-12-17(13-33)15-39(3,35)36)31-23-6-7-27-26(32-23)18-9-30-34(14-18)40(37,38)19-4-5-19/h6-11,14,16-17,19H,4-5,12-13,15H2,1-3H3,(H,27,28,31,32). The summed E-state index contributed by atoms with van der Waals surface area (Å²) in [5, 5.41) is 8.80. The molecule has 0 radical (unpaired) electrons. The highest BCUT2D eigenvalue weighted by Crippen LogP contribution is 2.36. The molecule has 0 amide bonds. The van der Waals surface area contributed by atoms with Gasteiger partial charge in [-0.2, -0.15) is 9.19 Å². The van der Waals surface area contributed by atoms with Gasteiger partial charge < -0.3 is 10.2 Å². The SMILES string of the molecule is CC(C)c1ncc(N2CC(CS(C)(=O)=O)C2)c2cnc(Nc3ccnc(-c4cnn(S(=O)(=O)C5CC5)c4)n3)cc12. The number of hydrogen-bond acceptors (Lipinski definition) is 11. The van der Waals surface area contributed by atoms with Crippen LogP contribution in [0.4, 0.5) is 17.3 Å². The van der Waals surface area contributed by atoms with Gasteiger partial charge in [0.2, 0.25) is 0 Å². The molecule has 4 aromatic rings. The van der Waals surface area contributed by atoms with Gasteiger partial charge in [0.25, 0.3) is 10.0 Å². The van der Waals surface area contributed by atoms with Crippen molar-refractivity contribution in [3.63, 3.8) is 0 Å². The van der Waals surface area contributed by atoms with E-state index >= 15 is 0 Å². The monoisotopic (exact) mass is 582 g/mol. The second kappa shape index (κ2) is 9.77. The van der Waals surface area contributed by atoms with Crippen LogP contribution in [0, 0.1) is 5.92 Å². The zero-order chi connectivity index (χ0) is 28.2. The van der Waals surface area contributed by atoms with Gasteiger partial charge in [0.1, 0.15) is 21.5 Å². The highest BCUT2D eigenvalue weighted by Gasteiger charge is 2.37. The molecule has 1 saturated heterocycles. The minimum Gasteiger partial charge on any atom is -0.369 e. The Morgan fingerprint density at radius 1 is 1.00 bits per heavy atom. The van der Waals surface area contributed by atoms with Gasteiger partial charge in [-0.3, -0.25) is 4.98 Å². The molecule has 12 nitrogen and oxygen atoms in total. The summed E-state index contributed by atoms with van der Waals surface area (Å²) in [4.78, 5) is 20.4. The lowest BCUT2D eigenvalue weighted by Crippen LogP contribution is -2.49. The van der Waals surface area contributed by atoms with Crippen LogP contribution in [0.5, 0.6) is 0 Å². The molecule has 0 spiro atoms. The van der Waals surface area contributed by atoms with Crippen LogP contribution in [0.25, 0.3) is 22.2 Å². The first-order valence-electron chi connectivity index (χ1n) is 13.1. The Hall–Kier alpha value is -3.65. The highest BCUT2D eigenvalue weighted by atomic mass is 32.2. The van der Waals surface area contributed by atoms with Crippen LogP contribution in [-0.2, 0) is 19.9 Å². The molecule has 1 aliphatic heterocycles. The van der Waals surface area contributed by atoms with E-state index in [-0.39, 0.29) is 22.8 Å². The average molecular weight is 583 g/mol. The van der Waals surface area contributed by atoms with Crippen molar-refractivity contribution in [3.8, 4) is 11.4 Å². The van der Waals surface area contributed by atoms with E-state index in [0.717, 1.165) is 26.2 Å². The van der Waals surface area contributed by atoms with E-state index in [0.29, 0.717) is 49.0 Å². The van der Waals surface area contributed by atoms with E-state index in [1.54, 1.807) is 18.5 Å². The maximum absolute atomic E-state index is 12.5. The van der Waals surface area contributed by atoms with Crippen LogP contribution in [0.2, 0.25) is 0 Å². The summed E-state index contributed by atoms with van der Waals surface area (Å²) in [5.74, 6) is 1.88. The number of nitrogens with zero attached hydrogens (tertiary/aromatic N) is 7. The van der Waals surface area contributed by atoms with E-state index in [4.69, 9.17) is 4.98 Å². The smallest absolute Gasteiger partial charge is 0.256 e. The minimum absolute atomic E-state index is 0.108. The van der Waals surface area contributed by atoms with Gasteiger partial charge in [0.15, 0.2) is 5.82 Å². The summed E-state index contributed by atoms with van der Waals surface area (Å²) in [6.45, 7) is 5.49. The van der Waals surface area contributed by atoms with E-state index in [2.05, 4.69) is 44.1 Å². The predicted octanol–water partition coefficient (Wildman–Crippen LogP) is 2.97. The maximum Gasteiger partial charge on any atom is 0.256 e. The molecule has 0 aromatic carbocycles. The molecule has 4 aromatic heterocycles. The number of hydrogen-bond donors (Lipinski definition) is 1. The molecule has 0 bridgehead atoms. The molecule has 1 saturated carbocycles. The third-order valence-corrected chi connectivity index (χ3v) is 10.2. The van der Waals surface area contributed by atoms with Crippen molar-refractivity contribution in [2.75, 3.05) is 35.3 Å². The van der Waals surface area contributed by atoms with Crippen molar-refractivity contribution in [2.24, 2.45) is 5.92 Å². The summed E-state index contributed by atoms with van der Waals surface area (Å²) >= 11 is 0. The van der Waals surface area contributed by atoms with Crippen LogP contribution >= 0.6 is 0 Å². The number of pyridine rings is 2. The number of fused-ring (bicyclic) bond motifs is 1. The normalized spacial score (nSPS) is 16.4. The fourth-order valence-corrected chi connectivity index (χ4v) is 7.54. The lowest BCUT2D eigenvalue weighted by Gasteiger charge is -2.41. The lowest BCUT2D eigenvalue weighted by molar-refractivity contribution is 0.445. The number of anilines is 3. The summed E-state index contributed by atoms with van der Waals surface area (Å²) in [7, 11) is -6.49. The largest absolute Gasteiger partial charge is 0.369 e. The van der Waals surface area contributed by atoms with Gasteiger partial charge in [0, 0.05) is 48.4 Å². The van der Waals surface area contributed by atoms with Crippen molar-refractivity contribution in [1.82, 2.24) is 29.1 Å². The Kier molecular flexibility index (Phi) is 6.49. The second-order valence-corrected chi connectivity index (χ2v) is 15.2. The van der Waals surface area contributed by atoms with Crippen molar-refractivity contribution in [2.45, 2.75) is 37.9 Å². The van der Waals surface area contributed by atoms with Gasteiger partial charge in [-0.25, -0.2) is 31.8 Å². The zero-order valence-electron chi connectivity index (χ0n) is 22.4. The fraction of sp³-hybridized carbons (Fsp3) is 0.423. The molecule has 1 N–H and O–H groups in total. The van der Waals surface area contributed by atoms with Crippen LogP contribution in [-0.4, -0.2) is 76.3 Å². The van der Waals surface area contributed by atoms with Crippen molar-refractivity contribution >= 4 is 48.0 Å². The number of nitrogens with one attached hydrogen (secondary N) is 1. The highest BCUT2D eigenvalue weighted by molar-refractivity contribution is 7.90. The zero-order valence-corrected chi connectivity index (χ0v) is 24.0. The first-order chi connectivity index (χ1) is 19.0. The van der Waals surface area contributed by atoms with E-state index in [1.807, 2.05) is 12.3 Å². The topological polar surface area (TPSA) is 153 Å². The third-order valence-electron chi connectivity index (χ3n) is 7.10. The Morgan fingerprint density at radius 3 is 2.48 bits per heavy atom. The van der Waals surface area contributed by atoms with Gasteiger partial charge in [-0.05, 0) is 30.9 Å². The molecule has 2 aliphatic rings. The Bertz CT molecular complexity index is 1810. The van der Waals surface area contributed by atoms with Crippen LogP contribution in [0.3, 0.4) is 0 Å². The van der Waals surface area contributed by atoms with Crippen molar-refractivity contribution in [3.05, 3.63) is 48.8 Å². The first-order valence-corrected chi connectivity index (χ1v) is 16.6. The molecule has 6 rings (SSSR count). The Morgan fingerprint density at radius 2 is 1.77 bits per heavy atom. The Balaban J connectivity index is 1.26. The number of rotatable bonds is 9. The van der Waals surface area contributed by atoms with Crippen LogP contribution < -0.4 is 10.2 Å². The summed E-state index contributed by atoms with van der Waals surface area (Å²) in [6, 6.07) is 3.65. The second-order valence-electron chi connectivity index (χ2n) is 10.9. The van der Waals surface area contributed by atoms with Crippen LogP contribution in [0.1, 0.15) is 38.3 Å². The first kappa shape index (κ1) is 26.6. The molecular formula is C26H30N8O4S2.